The number of aryl methyl sites for hydroxylation is 1. The summed E-state index contributed by atoms with van der Waals surface area (Å²) in [5, 5.41) is 18.8. The van der Waals surface area contributed by atoms with E-state index in [-0.39, 0.29) is 0 Å². The largest absolute Gasteiger partial charge is 0.477 e. The fraction of sp³-hybridized carbons (Fsp3) is 0.615. The van der Waals surface area contributed by atoms with E-state index in [2.05, 4.69) is 4.90 Å². The third kappa shape index (κ3) is 3.10. The molecule has 100 valence electrons. The van der Waals surface area contributed by atoms with Gasteiger partial charge in [0, 0.05) is 24.5 Å². The van der Waals surface area contributed by atoms with E-state index in [4.69, 9.17) is 5.11 Å². The number of piperidine rings is 1. The molecule has 18 heavy (non-hydrogen) atoms. The second-order valence-electron chi connectivity index (χ2n) is 5.27. The molecule has 1 aliphatic rings. The van der Waals surface area contributed by atoms with Crippen molar-refractivity contribution >= 4 is 17.3 Å². The zero-order chi connectivity index (χ0) is 13.3. The van der Waals surface area contributed by atoms with Crippen LogP contribution >= 0.6 is 11.3 Å². The van der Waals surface area contributed by atoms with E-state index in [1.807, 2.05) is 13.8 Å². The number of carbonyl (C=O) groups is 1. The maximum absolute atomic E-state index is 10.9. The predicted octanol–water partition coefficient (Wildman–Crippen LogP) is 2.10. The quantitative estimate of drug-likeness (QED) is 0.882. The normalized spacial score (nSPS) is 19.9. The van der Waals surface area contributed by atoms with Gasteiger partial charge >= 0.3 is 5.97 Å². The Morgan fingerprint density at radius 3 is 2.61 bits per heavy atom. The van der Waals surface area contributed by atoms with E-state index in [1.54, 1.807) is 6.07 Å². The van der Waals surface area contributed by atoms with Gasteiger partial charge < -0.3 is 10.2 Å². The first-order valence-corrected chi connectivity index (χ1v) is 6.96. The van der Waals surface area contributed by atoms with Crippen LogP contribution in [0.15, 0.2) is 6.07 Å². The molecule has 2 heterocycles. The van der Waals surface area contributed by atoms with Gasteiger partial charge in [-0.05, 0) is 38.3 Å². The minimum absolute atomic E-state index is 0.409. The van der Waals surface area contributed by atoms with Crippen LogP contribution in [0, 0.1) is 6.92 Å². The number of aliphatic hydroxyl groups is 1. The van der Waals surface area contributed by atoms with E-state index in [9.17, 15) is 9.90 Å². The van der Waals surface area contributed by atoms with Crippen molar-refractivity contribution in [2.24, 2.45) is 0 Å². The van der Waals surface area contributed by atoms with Gasteiger partial charge in [-0.3, -0.25) is 4.90 Å². The van der Waals surface area contributed by atoms with E-state index in [0.29, 0.717) is 4.88 Å². The van der Waals surface area contributed by atoms with Gasteiger partial charge in [-0.2, -0.15) is 0 Å². The van der Waals surface area contributed by atoms with Gasteiger partial charge in [0.2, 0.25) is 0 Å². The molecule has 0 atom stereocenters. The van der Waals surface area contributed by atoms with Crippen molar-refractivity contribution in [2.75, 3.05) is 13.1 Å². The summed E-state index contributed by atoms with van der Waals surface area (Å²) in [6.45, 7) is 6.36. The van der Waals surface area contributed by atoms with Crippen molar-refractivity contribution < 1.29 is 15.0 Å². The van der Waals surface area contributed by atoms with Crippen LogP contribution in [0.4, 0.5) is 0 Å². The molecule has 1 aromatic heterocycles. The fourth-order valence-electron chi connectivity index (χ4n) is 2.22. The molecule has 1 fully saturated rings. The van der Waals surface area contributed by atoms with Crippen LogP contribution in [-0.4, -0.2) is 39.8 Å². The molecule has 1 saturated heterocycles. The summed E-state index contributed by atoms with van der Waals surface area (Å²) < 4.78 is 0. The molecule has 0 bridgehead atoms. The molecule has 1 aromatic rings. The minimum atomic E-state index is -0.851. The van der Waals surface area contributed by atoms with Crippen LogP contribution in [0.1, 0.15) is 39.9 Å². The van der Waals surface area contributed by atoms with Crippen LogP contribution in [-0.2, 0) is 6.54 Å². The van der Waals surface area contributed by atoms with Gasteiger partial charge in [-0.25, -0.2) is 4.79 Å². The topological polar surface area (TPSA) is 60.8 Å². The van der Waals surface area contributed by atoms with Gasteiger partial charge in [-0.15, -0.1) is 11.3 Å². The highest BCUT2D eigenvalue weighted by Crippen LogP contribution is 2.26. The zero-order valence-corrected chi connectivity index (χ0v) is 11.6. The lowest BCUT2D eigenvalue weighted by Crippen LogP contribution is -2.41. The molecule has 0 amide bonds. The molecule has 2 rings (SSSR count). The van der Waals surface area contributed by atoms with Gasteiger partial charge in [0.15, 0.2) is 0 Å². The first-order chi connectivity index (χ1) is 8.37. The van der Waals surface area contributed by atoms with Gasteiger partial charge in [0.1, 0.15) is 4.88 Å². The Labute approximate surface area is 111 Å². The van der Waals surface area contributed by atoms with Crippen molar-refractivity contribution in [3.05, 3.63) is 21.4 Å². The number of thiophene rings is 1. The number of hydrogen-bond donors (Lipinski definition) is 2. The lowest BCUT2D eigenvalue weighted by atomic mass is 9.93. The summed E-state index contributed by atoms with van der Waals surface area (Å²) in [4.78, 5) is 14.7. The highest BCUT2D eigenvalue weighted by molar-refractivity contribution is 7.14. The molecular formula is C13H19NO3S. The average molecular weight is 269 g/mol. The summed E-state index contributed by atoms with van der Waals surface area (Å²) in [6.07, 6.45) is 1.56. The molecule has 4 nitrogen and oxygen atoms in total. The van der Waals surface area contributed by atoms with Crippen molar-refractivity contribution in [1.82, 2.24) is 4.90 Å². The number of likely N-dealkylation sites (tertiary alicyclic amines) is 1. The molecule has 5 heteroatoms. The van der Waals surface area contributed by atoms with Crippen LogP contribution in [0.3, 0.4) is 0 Å². The van der Waals surface area contributed by atoms with Crippen LogP contribution in [0.25, 0.3) is 0 Å². The number of aromatic carboxylic acids is 1. The maximum Gasteiger partial charge on any atom is 0.345 e. The molecule has 1 aliphatic heterocycles. The highest BCUT2D eigenvalue weighted by atomic mass is 32.1. The van der Waals surface area contributed by atoms with Crippen LogP contribution in [0.2, 0.25) is 0 Å². The lowest BCUT2D eigenvalue weighted by molar-refractivity contribution is -0.00730. The third-order valence-electron chi connectivity index (χ3n) is 3.56. The highest BCUT2D eigenvalue weighted by Gasteiger charge is 2.27. The number of carboxylic acids is 1. The molecule has 0 radical (unpaired) electrons. The molecule has 0 unspecified atom stereocenters. The monoisotopic (exact) mass is 269 g/mol. The van der Waals surface area contributed by atoms with Crippen LogP contribution in [0.5, 0.6) is 0 Å². The first kappa shape index (κ1) is 13.5. The smallest absolute Gasteiger partial charge is 0.345 e. The minimum Gasteiger partial charge on any atom is -0.477 e. The number of rotatable bonds is 3. The van der Waals surface area contributed by atoms with Crippen molar-refractivity contribution in [1.29, 1.82) is 0 Å². The zero-order valence-electron chi connectivity index (χ0n) is 10.8. The van der Waals surface area contributed by atoms with Gasteiger partial charge in [-0.1, -0.05) is 0 Å². The van der Waals surface area contributed by atoms with Crippen LogP contribution < -0.4 is 0 Å². The lowest BCUT2D eigenvalue weighted by Gasteiger charge is -2.35. The Balaban J connectivity index is 2.00. The molecule has 0 aliphatic carbocycles. The van der Waals surface area contributed by atoms with E-state index < -0.39 is 11.6 Å². The second-order valence-corrected chi connectivity index (χ2v) is 6.53. The summed E-state index contributed by atoms with van der Waals surface area (Å²) >= 11 is 1.34. The number of nitrogens with zero attached hydrogens (tertiary/aromatic N) is 1. The summed E-state index contributed by atoms with van der Waals surface area (Å²) in [5.74, 6) is -0.851. The Morgan fingerprint density at radius 2 is 2.11 bits per heavy atom. The Bertz CT molecular complexity index is 443. The van der Waals surface area contributed by atoms with E-state index in [0.717, 1.165) is 42.9 Å². The van der Waals surface area contributed by atoms with Crippen molar-refractivity contribution in [3.8, 4) is 0 Å². The van der Waals surface area contributed by atoms with E-state index in [1.165, 1.54) is 11.3 Å². The third-order valence-corrected chi connectivity index (χ3v) is 4.64. The fourth-order valence-corrected chi connectivity index (χ4v) is 3.09. The molecule has 0 spiro atoms. The molecule has 0 saturated carbocycles. The SMILES string of the molecule is Cc1sc(C(=O)O)cc1CN1CCC(C)(O)CC1. The van der Waals surface area contributed by atoms with Crippen molar-refractivity contribution in [3.63, 3.8) is 0 Å². The number of carboxylic acid groups (broad SMARTS) is 1. The summed E-state index contributed by atoms with van der Waals surface area (Å²) in [7, 11) is 0. The van der Waals surface area contributed by atoms with E-state index >= 15 is 0 Å². The molecule has 2 N–H and O–H groups in total. The number of hydrogen-bond acceptors (Lipinski definition) is 4. The summed E-state index contributed by atoms with van der Waals surface area (Å²) in [5.41, 5.74) is 0.561. The van der Waals surface area contributed by atoms with Crippen molar-refractivity contribution in [2.45, 2.75) is 38.8 Å². The first-order valence-electron chi connectivity index (χ1n) is 6.15. The Morgan fingerprint density at radius 1 is 1.50 bits per heavy atom. The van der Waals surface area contributed by atoms with Gasteiger partial charge in [0.05, 0.1) is 5.60 Å². The second kappa shape index (κ2) is 4.99. The Hall–Kier alpha value is -0.910. The Kier molecular flexibility index (Phi) is 3.75. The molecule has 0 aromatic carbocycles. The molecular weight excluding hydrogens is 250 g/mol. The van der Waals surface area contributed by atoms with Gasteiger partial charge in [0.25, 0.3) is 0 Å². The average Bonchev–Trinajstić information content (AvgIpc) is 2.64. The predicted molar refractivity (Wildman–Crippen MR) is 71.2 cm³/mol. The maximum atomic E-state index is 10.9. The summed E-state index contributed by atoms with van der Waals surface area (Å²) in [6, 6.07) is 1.77. The standard InChI is InChI=1S/C13H19NO3S/c1-9-10(7-11(18-9)12(15)16)8-14-5-3-13(2,17)4-6-14/h7,17H,3-6,8H2,1-2H3,(H,15,16).